The summed E-state index contributed by atoms with van der Waals surface area (Å²) < 4.78 is 0. The number of anilines is 1. The van der Waals surface area contributed by atoms with Crippen LogP contribution < -0.4 is 5.32 Å². The number of rotatable bonds is 5. The maximum absolute atomic E-state index is 12.6. The Labute approximate surface area is 145 Å². The molecule has 1 heterocycles. The predicted octanol–water partition coefficient (Wildman–Crippen LogP) is 3.30. The van der Waals surface area contributed by atoms with Gasteiger partial charge in [-0.1, -0.05) is 18.2 Å². The van der Waals surface area contributed by atoms with Crippen molar-refractivity contribution in [2.24, 2.45) is 0 Å². The van der Waals surface area contributed by atoms with Crippen molar-refractivity contribution in [1.82, 2.24) is 15.1 Å². The summed E-state index contributed by atoms with van der Waals surface area (Å²) in [5.74, 6) is -0.293. The molecule has 0 unspecified atom stereocenters. The quantitative estimate of drug-likeness (QED) is 0.750. The van der Waals surface area contributed by atoms with Crippen LogP contribution in [0.2, 0.25) is 0 Å². The molecule has 0 radical (unpaired) electrons. The van der Waals surface area contributed by atoms with Gasteiger partial charge in [-0.25, -0.2) is 0 Å². The SMILES string of the molecule is CCN(CC)C(=O)c1cccc(NC(=O)c2cccc3cn[nH]c23)c1. The summed E-state index contributed by atoms with van der Waals surface area (Å²) in [4.78, 5) is 26.8. The Bertz CT molecular complexity index is 912. The third-order valence-corrected chi connectivity index (χ3v) is 4.14. The summed E-state index contributed by atoms with van der Waals surface area (Å²) in [7, 11) is 0. The van der Waals surface area contributed by atoms with E-state index in [9.17, 15) is 9.59 Å². The lowest BCUT2D eigenvalue weighted by Gasteiger charge is -2.19. The van der Waals surface area contributed by atoms with E-state index in [0.717, 1.165) is 5.39 Å². The van der Waals surface area contributed by atoms with Crippen LogP contribution in [0.5, 0.6) is 0 Å². The van der Waals surface area contributed by atoms with Crippen LogP contribution >= 0.6 is 0 Å². The summed E-state index contributed by atoms with van der Waals surface area (Å²) in [6.45, 7) is 5.18. The average Bonchev–Trinajstić information content (AvgIpc) is 3.11. The van der Waals surface area contributed by atoms with E-state index in [4.69, 9.17) is 0 Å². The van der Waals surface area contributed by atoms with Crippen molar-refractivity contribution in [3.8, 4) is 0 Å². The van der Waals surface area contributed by atoms with Crippen molar-refractivity contribution in [2.75, 3.05) is 18.4 Å². The molecule has 0 aliphatic carbocycles. The molecule has 0 spiro atoms. The van der Waals surface area contributed by atoms with E-state index in [-0.39, 0.29) is 11.8 Å². The zero-order chi connectivity index (χ0) is 17.8. The van der Waals surface area contributed by atoms with Gasteiger partial charge in [0.1, 0.15) is 0 Å². The van der Waals surface area contributed by atoms with E-state index in [0.29, 0.717) is 35.4 Å². The van der Waals surface area contributed by atoms with Crippen LogP contribution in [0.1, 0.15) is 34.6 Å². The first-order chi connectivity index (χ1) is 12.1. The predicted molar refractivity (Wildman–Crippen MR) is 97.7 cm³/mol. The number of nitrogens with one attached hydrogen (secondary N) is 2. The van der Waals surface area contributed by atoms with E-state index >= 15 is 0 Å². The Balaban J connectivity index is 1.84. The highest BCUT2D eigenvalue weighted by Gasteiger charge is 2.15. The number of hydrogen-bond acceptors (Lipinski definition) is 3. The van der Waals surface area contributed by atoms with Gasteiger partial charge in [0, 0.05) is 29.7 Å². The number of aromatic amines is 1. The topological polar surface area (TPSA) is 78.1 Å². The number of carbonyl (C=O) groups excluding carboxylic acids is 2. The number of H-pyrrole nitrogens is 1. The molecule has 0 aliphatic heterocycles. The van der Waals surface area contributed by atoms with Crippen molar-refractivity contribution in [3.63, 3.8) is 0 Å². The lowest BCUT2D eigenvalue weighted by atomic mass is 10.1. The minimum Gasteiger partial charge on any atom is -0.339 e. The molecule has 0 saturated heterocycles. The van der Waals surface area contributed by atoms with Gasteiger partial charge < -0.3 is 10.2 Å². The number of aromatic nitrogens is 2. The number of benzene rings is 2. The third-order valence-electron chi connectivity index (χ3n) is 4.14. The summed E-state index contributed by atoms with van der Waals surface area (Å²) in [6.07, 6.45) is 1.68. The van der Waals surface area contributed by atoms with E-state index in [1.807, 2.05) is 26.0 Å². The highest BCUT2D eigenvalue weighted by atomic mass is 16.2. The Morgan fingerprint density at radius 3 is 2.64 bits per heavy atom. The Kier molecular flexibility index (Phi) is 4.79. The van der Waals surface area contributed by atoms with Gasteiger partial charge in [-0.2, -0.15) is 5.10 Å². The highest BCUT2D eigenvalue weighted by Crippen LogP contribution is 2.18. The third kappa shape index (κ3) is 3.38. The van der Waals surface area contributed by atoms with Crippen LogP contribution in [0, 0.1) is 0 Å². The highest BCUT2D eigenvalue weighted by molar-refractivity contribution is 6.12. The molecular formula is C19H20N4O2. The molecule has 0 saturated carbocycles. The zero-order valence-electron chi connectivity index (χ0n) is 14.2. The van der Waals surface area contributed by atoms with Crippen LogP contribution in [0.3, 0.4) is 0 Å². The zero-order valence-corrected chi connectivity index (χ0v) is 14.2. The molecule has 3 aromatic rings. The first-order valence-electron chi connectivity index (χ1n) is 8.26. The molecule has 6 nitrogen and oxygen atoms in total. The number of hydrogen-bond donors (Lipinski definition) is 2. The first kappa shape index (κ1) is 16.7. The summed E-state index contributed by atoms with van der Waals surface area (Å²) >= 11 is 0. The van der Waals surface area contributed by atoms with E-state index in [1.165, 1.54) is 0 Å². The van der Waals surface area contributed by atoms with E-state index in [1.54, 1.807) is 41.4 Å². The molecule has 0 fully saturated rings. The standard InChI is InChI=1S/C19H20N4O2/c1-3-23(4-2)19(25)13-7-5-9-15(11-13)21-18(24)16-10-6-8-14-12-20-22-17(14)16/h5-12H,3-4H2,1-2H3,(H,20,22)(H,21,24). The molecule has 128 valence electrons. The monoisotopic (exact) mass is 336 g/mol. The van der Waals surface area contributed by atoms with Crippen LogP contribution in [0.15, 0.2) is 48.7 Å². The fourth-order valence-corrected chi connectivity index (χ4v) is 2.78. The molecule has 0 aliphatic rings. The van der Waals surface area contributed by atoms with Gasteiger partial charge in [0.15, 0.2) is 0 Å². The smallest absolute Gasteiger partial charge is 0.257 e. The average molecular weight is 336 g/mol. The number of nitrogens with zero attached hydrogens (tertiary/aromatic N) is 2. The maximum Gasteiger partial charge on any atom is 0.257 e. The number of fused-ring (bicyclic) bond motifs is 1. The maximum atomic E-state index is 12.6. The van der Waals surface area contributed by atoms with Crippen molar-refractivity contribution in [2.45, 2.75) is 13.8 Å². The molecule has 0 atom stereocenters. The second kappa shape index (κ2) is 7.17. The van der Waals surface area contributed by atoms with Crippen molar-refractivity contribution in [1.29, 1.82) is 0 Å². The molecule has 2 amide bonds. The van der Waals surface area contributed by atoms with Crippen LogP contribution in [-0.4, -0.2) is 40.0 Å². The van der Waals surface area contributed by atoms with Gasteiger partial charge in [-0.15, -0.1) is 0 Å². The first-order valence-corrected chi connectivity index (χ1v) is 8.26. The van der Waals surface area contributed by atoms with E-state index in [2.05, 4.69) is 15.5 Å². The lowest BCUT2D eigenvalue weighted by Crippen LogP contribution is -2.30. The van der Waals surface area contributed by atoms with Crippen LogP contribution in [0.25, 0.3) is 10.9 Å². The van der Waals surface area contributed by atoms with Gasteiger partial charge >= 0.3 is 0 Å². The largest absolute Gasteiger partial charge is 0.339 e. The molecule has 1 aromatic heterocycles. The lowest BCUT2D eigenvalue weighted by molar-refractivity contribution is 0.0772. The van der Waals surface area contributed by atoms with Crippen molar-refractivity contribution in [3.05, 3.63) is 59.8 Å². The summed E-state index contributed by atoms with van der Waals surface area (Å²) in [6, 6.07) is 12.4. The molecule has 2 aromatic carbocycles. The minimum absolute atomic E-state index is 0.0447. The van der Waals surface area contributed by atoms with Crippen molar-refractivity contribution >= 4 is 28.4 Å². The number of carbonyl (C=O) groups is 2. The molecule has 3 rings (SSSR count). The molecule has 6 heteroatoms. The normalized spacial score (nSPS) is 10.6. The Hall–Kier alpha value is -3.15. The van der Waals surface area contributed by atoms with Gasteiger partial charge in [0.2, 0.25) is 0 Å². The summed E-state index contributed by atoms with van der Waals surface area (Å²) in [5, 5.41) is 10.5. The minimum atomic E-state index is -0.248. The van der Waals surface area contributed by atoms with Gasteiger partial charge in [0.05, 0.1) is 17.3 Å². The Morgan fingerprint density at radius 2 is 1.88 bits per heavy atom. The molecule has 25 heavy (non-hydrogen) atoms. The fraction of sp³-hybridized carbons (Fsp3) is 0.211. The van der Waals surface area contributed by atoms with E-state index < -0.39 is 0 Å². The summed E-state index contributed by atoms with van der Waals surface area (Å²) in [5.41, 5.74) is 2.34. The van der Waals surface area contributed by atoms with Crippen molar-refractivity contribution < 1.29 is 9.59 Å². The van der Waals surface area contributed by atoms with Crippen LogP contribution in [-0.2, 0) is 0 Å². The van der Waals surface area contributed by atoms with Gasteiger partial charge in [-0.05, 0) is 38.1 Å². The van der Waals surface area contributed by atoms with Gasteiger partial charge in [0.25, 0.3) is 11.8 Å². The number of amides is 2. The second-order valence-electron chi connectivity index (χ2n) is 5.65. The second-order valence-corrected chi connectivity index (χ2v) is 5.65. The Morgan fingerprint density at radius 1 is 1.12 bits per heavy atom. The van der Waals surface area contributed by atoms with Gasteiger partial charge in [-0.3, -0.25) is 14.7 Å². The molecule has 0 bridgehead atoms. The fourth-order valence-electron chi connectivity index (χ4n) is 2.78. The number of para-hydroxylation sites is 1. The van der Waals surface area contributed by atoms with Crippen LogP contribution in [0.4, 0.5) is 5.69 Å². The molecular weight excluding hydrogens is 316 g/mol. The molecule has 2 N–H and O–H groups in total.